The minimum absolute atomic E-state index is 1.11. The Morgan fingerprint density at radius 1 is 1.00 bits per heavy atom. The molecule has 0 radical (unpaired) electrons. The lowest BCUT2D eigenvalue weighted by Crippen LogP contribution is -1.90. The Labute approximate surface area is 91.2 Å². The monoisotopic (exact) mass is 199 g/mol. The molecule has 1 heteroatoms. The van der Waals surface area contributed by atoms with Crippen molar-refractivity contribution < 1.29 is 0 Å². The average Bonchev–Trinajstić information content (AvgIpc) is 2.29. The largest absolute Gasteiger partial charge is 0.253 e. The summed E-state index contributed by atoms with van der Waals surface area (Å²) in [4.78, 5) is 4.65. The summed E-state index contributed by atoms with van der Waals surface area (Å²) in [5.74, 6) is 0. The maximum absolute atomic E-state index is 4.65. The third-order valence-corrected chi connectivity index (χ3v) is 2.69. The molecule has 0 saturated heterocycles. The molecule has 1 heterocycles. The molecule has 0 fully saturated rings. The number of aromatic nitrogens is 1. The first-order chi connectivity index (χ1) is 7.40. The van der Waals surface area contributed by atoms with E-state index in [9.17, 15) is 0 Å². The standard InChI is InChI=1S/C14H17N/c1-2-3-4-8-13-11-10-12-7-5-6-9-14(12)15-13/h5-7,9-11H,2-4,8H2,1H3. The van der Waals surface area contributed by atoms with Crippen molar-refractivity contribution in [1.29, 1.82) is 0 Å². The normalized spacial score (nSPS) is 10.7. The molecular formula is C14H17N. The number of benzene rings is 1. The van der Waals surface area contributed by atoms with E-state index in [-0.39, 0.29) is 0 Å². The zero-order valence-electron chi connectivity index (χ0n) is 9.24. The van der Waals surface area contributed by atoms with Gasteiger partial charge in [0.2, 0.25) is 0 Å². The van der Waals surface area contributed by atoms with Crippen molar-refractivity contribution in [2.24, 2.45) is 0 Å². The average molecular weight is 199 g/mol. The molecule has 1 aromatic carbocycles. The van der Waals surface area contributed by atoms with Gasteiger partial charge >= 0.3 is 0 Å². The van der Waals surface area contributed by atoms with Crippen LogP contribution in [0, 0.1) is 0 Å². The van der Waals surface area contributed by atoms with Gasteiger partial charge in [-0.2, -0.15) is 0 Å². The Bertz CT molecular complexity index is 434. The molecule has 0 spiro atoms. The molecule has 15 heavy (non-hydrogen) atoms. The second kappa shape index (κ2) is 4.92. The van der Waals surface area contributed by atoms with Gasteiger partial charge in [0.25, 0.3) is 0 Å². The summed E-state index contributed by atoms with van der Waals surface area (Å²) in [6.45, 7) is 2.23. The van der Waals surface area contributed by atoms with Crippen LogP contribution in [0.3, 0.4) is 0 Å². The van der Waals surface area contributed by atoms with Gasteiger partial charge in [0.1, 0.15) is 0 Å². The van der Waals surface area contributed by atoms with Crippen LogP contribution in [0.2, 0.25) is 0 Å². The SMILES string of the molecule is CCCCCc1ccc2ccccc2n1. The number of hydrogen-bond acceptors (Lipinski definition) is 1. The van der Waals surface area contributed by atoms with E-state index in [1.807, 2.05) is 6.07 Å². The predicted octanol–water partition coefficient (Wildman–Crippen LogP) is 3.97. The van der Waals surface area contributed by atoms with Crippen LogP contribution in [0.5, 0.6) is 0 Å². The quantitative estimate of drug-likeness (QED) is 0.679. The second-order valence-corrected chi connectivity index (χ2v) is 3.95. The molecule has 0 aliphatic rings. The van der Waals surface area contributed by atoms with Gasteiger partial charge in [0.05, 0.1) is 5.52 Å². The van der Waals surface area contributed by atoms with E-state index in [0.29, 0.717) is 0 Å². The van der Waals surface area contributed by atoms with Crippen molar-refractivity contribution in [3.8, 4) is 0 Å². The highest BCUT2D eigenvalue weighted by molar-refractivity contribution is 5.78. The molecule has 1 aromatic heterocycles. The number of fused-ring (bicyclic) bond motifs is 1. The Morgan fingerprint density at radius 3 is 2.73 bits per heavy atom. The van der Waals surface area contributed by atoms with Gasteiger partial charge in [-0.3, -0.25) is 4.98 Å². The highest BCUT2D eigenvalue weighted by Crippen LogP contribution is 2.13. The van der Waals surface area contributed by atoms with Crippen LogP contribution < -0.4 is 0 Å². The van der Waals surface area contributed by atoms with Crippen LogP contribution >= 0.6 is 0 Å². The van der Waals surface area contributed by atoms with Gasteiger partial charge < -0.3 is 0 Å². The number of pyridine rings is 1. The summed E-state index contributed by atoms with van der Waals surface area (Å²) >= 11 is 0. The third kappa shape index (κ3) is 2.56. The Hall–Kier alpha value is -1.37. The van der Waals surface area contributed by atoms with Gasteiger partial charge in [-0.25, -0.2) is 0 Å². The molecule has 0 amide bonds. The number of hydrogen-bond donors (Lipinski definition) is 0. The number of nitrogens with zero attached hydrogens (tertiary/aromatic N) is 1. The van der Waals surface area contributed by atoms with Crippen molar-refractivity contribution >= 4 is 10.9 Å². The summed E-state index contributed by atoms with van der Waals surface area (Å²) in [7, 11) is 0. The Morgan fingerprint density at radius 2 is 1.87 bits per heavy atom. The lowest BCUT2D eigenvalue weighted by atomic mass is 10.1. The van der Waals surface area contributed by atoms with Crippen LogP contribution in [-0.2, 0) is 6.42 Å². The van der Waals surface area contributed by atoms with Gasteiger partial charge in [-0.05, 0) is 25.0 Å². The predicted molar refractivity (Wildman–Crippen MR) is 65.0 cm³/mol. The molecule has 0 aliphatic heterocycles. The first-order valence-electron chi connectivity index (χ1n) is 5.75. The van der Waals surface area contributed by atoms with Crippen LogP contribution in [0.4, 0.5) is 0 Å². The van der Waals surface area contributed by atoms with Crippen LogP contribution in [0.1, 0.15) is 31.9 Å². The summed E-state index contributed by atoms with van der Waals surface area (Å²) < 4.78 is 0. The number of rotatable bonds is 4. The number of aryl methyl sites for hydroxylation is 1. The van der Waals surface area contributed by atoms with E-state index in [1.165, 1.54) is 30.3 Å². The minimum Gasteiger partial charge on any atom is -0.253 e. The zero-order chi connectivity index (χ0) is 10.5. The van der Waals surface area contributed by atoms with E-state index in [2.05, 4.69) is 42.2 Å². The van der Waals surface area contributed by atoms with Crippen molar-refractivity contribution in [3.63, 3.8) is 0 Å². The Balaban J connectivity index is 2.16. The molecule has 0 unspecified atom stereocenters. The molecule has 0 aliphatic carbocycles. The number of unbranched alkanes of at least 4 members (excludes halogenated alkanes) is 2. The van der Waals surface area contributed by atoms with Gasteiger partial charge in [0, 0.05) is 11.1 Å². The van der Waals surface area contributed by atoms with E-state index in [4.69, 9.17) is 0 Å². The van der Waals surface area contributed by atoms with Crippen molar-refractivity contribution in [2.45, 2.75) is 32.6 Å². The fraction of sp³-hybridized carbons (Fsp3) is 0.357. The maximum atomic E-state index is 4.65. The molecule has 1 nitrogen and oxygen atoms in total. The molecular weight excluding hydrogens is 182 g/mol. The highest BCUT2D eigenvalue weighted by atomic mass is 14.7. The van der Waals surface area contributed by atoms with E-state index >= 15 is 0 Å². The van der Waals surface area contributed by atoms with Gasteiger partial charge in [-0.15, -0.1) is 0 Å². The first kappa shape index (κ1) is 10.2. The van der Waals surface area contributed by atoms with E-state index in [0.717, 1.165) is 11.9 Å². The highest BCUT2D eigenvalue weighted by Gasteiger charge is 1.97. The van der Waals surface area contributed by atoms with Crippen molar-refractivity contribution in [2.75, 3.05) is 0 Å². The molecule has 2 aromatic rings. The zero-order valence-corrected chi connectivity index (χ0v) is 9.24. The second-order valence-electron chi connectivity index (χ2n) is 3.95. The molecule has 0 N–H and O–H groups in total. The molecule has 2 rings (SSSR count). The Kier molecular flexibility index (Phi) is 3.33. The topological polar surface area (TPSA) is 12.9 Å². The third-order valence-electron chi connectivity index (χ3n) is 2.69. The first-order valence-corrected chi connectivity index (χ1v) is 5.75. The van der Waals surface area contributed by atoms with Crippen LogP contribution in [0.15, 0.2) is 36.4 Å². The van der Waals surface area contributed by atoms with Crippen molar-refractivity contribution in [3.05, 3.63) is 42.1 Å². The fourth-order valence-electron chi connectivity index (χ4n) is 1.80. The minimum atomic E-state index is 1.11. The van der Waals surface area contributed by atoms with Gasteiger partial charge in [-0.1, -0.05) is 44.0 Å². The van der Waals surface area contributed by atoms with E-state index < -0.39 is 0 Å². The molecule has 0 bridgehead atoms. The van der Waals surface area contributed by atoms with Crippen LogP contribution in [0.25, 0.3) is 10.9 Å². The summed E-state index contributed by atoms with van der Waals surface area (Å²) in [5, 5.41) is 1.23. The lowest BCUT2D eigenvalue weighted by Gasteiger charge is -2.02. The van der Waals surface area contributed by atoms with Crippen LogP contribution in [-0.4, -0.2) is 4.98 Å². The maximum Gasteiger partial charge on any atom is 0.0705 e. The number of para-hydroxylation sites is 1. The molecule has 78 valence electrons. The lowest BCUT2D eigenvalue weighted by molar-refractivity contribution is 0.709. The smallest absolute Gasteiger partial charge is 0.0705 e. The van der Waals surface area contributed by atoms with Crippen molar-refractivity contribution in [1.82, 2.24) is 4.98 Å². The summed E-state index contributed by atoms with van der Waals surface area (Å²) in [5.41, 5.74) is 2.34. The summed E-state index contributed by atoms with van der Waals surface area (Å²) in [6, 6.07) is 12.6. The summed E-state index contributed by atoms with van der Waals surface area (Å²) in [6.07, 6.45) is 4.93. The molecule has 0 saturated carbocycles. The fourth-order valence-corrected chi connectivity index (χ4v) is 1.80. The molecule has 0 atom stereocenters. The van der Waals surface area contributed by atoms with E-state index in [1.54, 1.807) is 0 Å². The van der Waals surface area contributed by atoms with Gasteiger partial charge in [0.15, 0.2) is 0 Å².